The summed E-state index contributed by atoms with van der Waals surface area (Å²) in [6, 6.07) is 9.44. The van der Waals surface area contributed by atoms with Gasteiger partial charge in [0.25, 0.3) is 5.91 Å². The Labute approximate surface area is 206 Å². The third-order valence-electron chi connectivity index (χ3n) is 7.35. The minimum absolute atomic E-state index is 0.110. The molecular weight excluding hydrogens is 445 g/mol. The third-order valence-corrected chi connectivity index (χ3v) is 7.35. The number of amides is 2. The Morgan fingerprint density at radius 2 is 1.77 bits per heavy atom. The molecular formula is C28H34FN3O3. The first-order valence-corrected chi connectivity index (χ1v) is 12.5. The van der Waals surface area contributed by atoms with Crippen LogP contribution in [0, 0.1) is 18.7 Å². The van der Waals surface area contributed by atoms with Crippen molar-refractivity contribution in [2.24, 2.45) is 5.92 Å². The first-order valence-electron chi connectivity index (χ1n) is 12.5. The first-order chi connectivity index (χ1) is 16.7. The molecule has 6 nitrogen and oxygen atoms in total. The Bertz CT molecular complexity index is 1130. The molecule has 4 rings (SSSR count). The summed E-state index contributed by atoms with van der Waals surface area (Å²) in [4.78, 5) is 41.6. The van der Waals surface area contributed by atoms with E-state index in [9.17, 15) is 18.8 Å². The summed E-state index contributed by atoms with van der Waals surface area (Å²) in [5.74, 6) is -0.461. The lowest BCUT2D eigenvalue weighted by Gasteiger charge is -2.41. The molecule has 0 bridgehead atoms. The van der Waals surface area contributed by atoms with Crippen LogP contribution in [0.15, 0.2) is 36.4 Å². The summed E-state index contributed by atoms with van der Waals surface area (Å²) in [6.45, 7) is 8.10. The lowest BCUT2D eigenvalue weighted by molar-refractivity contribution is -0.140. The van der Waals surface area contributed by atoms with Crippen LogP contribution in [0.25, 0.3) is 0 Å². The van der Waals surface area contributed by atoms with Gasteiger partial charge in [-0.1, -0.05) is 25.0 Å². The number of piperazine rings is 1. The largest absolute Gasteiger partial charge is 0.337 e. The number of carbonyl (C=O) groups excluding carboxylic acids is 3. The zero-order valence-electron chi connectivity index (χ0n) is 20.8. The molecule has 35 heavy (non-hydrogen) atoms. The van der Waals surface area contributed by atoms with E-state index < -0.39 is 5.82 Å². The van der Waals surface area contributed by atoms with Crippen LogP contribution >= 0.6 is 0 Å². The number of hydrogen-bond acceptors (Lipinski definition) is 4. The lowest BCUT2D eigenvalue weighted by Crippen LogP contribution is -2.54. The standard InChI is InChI=1S/C28H34FN3O3/c1-18-16-31(11-12-32(18)28(35)21-7-4-5-8-21)17-24-14-25(29)15-26(19(24)2)30-27(34)23-10-6-9-22(13-23)20(3)33/h6,9-10,13-15,18,21H,4-5,7-8,11-12,16-17H2,1-3H3,(H,30,34). The number of halogens is 1. The number of Topliss-reactive ketones (excluding diaryl/α,β-unsaturated/α-hetero) is 1. The van der Waals surface area contributed by atoms with Crippen LogP contribution in [0.3, 0.4) is 0 Å². The van der Waals surface area contributed by atoms with Gasteiger partial charge in [0.2, 0.25) is 5.91 Å². The van der Waals surface area contributed by atoms with Crippen LogP contribution < -0.4 is 5.32 Å². The third kappa shape index (κ3) is 5.78. The monoisotopic (exact) mass is 479 g/mol. The van der Waals surface area contributed by atoms with Gasteiger partial charge >= 0.3 is 0 Å². The quantitative estimate of drug-likeness (QED) is 0.604. The van der Waals surface area contributed by atoms with E-state index in [1.54, 1.807) is 24.3 Å². The van der Waals surface area contributed by atoms with Crippen LogP contribution in [0.5, 0.6) is 0 Å². The number of anilines is 1. The van der Waals surface area contributed by atoms with Crippen LogP contribution in [0.4, 0.5) is 10.1 Å². The second kappa shape index (κ2) is 10.7. The Hall–Kier alpha value is -3.06. The molecule has 2 aromatic rings. The van der Waals surface area contributed by atoms with Crippen molar-refractivity contribution in [1.82, 2.24) is 9.80 Å². The summed E-state index contributed by atoms with van der Waals surface area (Å²) in [7, 11) is 0. The van der Waals surface area contributed by atoms with Crippen LogP contribution in [0.2, 0.25) is 0 Å². The minimum Gasteiger partial charge on any atom is -0.337 e. The van der Waals surface area contributed by atoms with Gasteiger partial charge in [-0.2, -0.15) is 0 Å². The summed E-state index contributed by atoms with van der Waals surface area (Å²) in [5, 5.41) is 2.81. The topological polar surface area (TPSA) is 69.7 Å². The van der Waals surface area contributed by atoms with Crippen molar-refractivity contribution >= 4 is 23.3 Å². The lowest BCUT2D eigenvalue weighted by atomic mass is 10.0. The van der Waals surface area contributed by atoms with Gasteiger partial charge in [-0.05, 0) is 69.0 Å². The maximum Gasteiger partial charge on any atom is 0.255 e. The molecule has 1 aliphatic carbocycles. The molecule has 0 spiro atoms. The predicted octanol–water partition coefficient (Wildman–Crippen LogP) is 4.81. The maximum absolute atomic E-state index is 14.5. The molecule has 1 N–H and O–H groups in total. The summed E-state index contributed by atoms with van der Waals surface area (Å²) >= 11 is 0. The molecule has 1 aliphatic heterocycles. The van der Waals surface area contributed by atoms with Gasteiger partial charge in [0.1, 0.15) is 5.82 Å². The average molecular weight is 480 g/mol. The number of nitrogens with zero attached hydrogens (tertiary/aromatic N) is 2. The van der Waals surface area contributed by atoms with Gasteiger partial charge in [0.15, 0.2) is 5.78 Å². The molecule has 0 aromatic heterocycles. The highest BCUT2D eigenvalue weighted by atomic mass is 19.1. The van der Waals surface area contributed by atoms with Crippen LogP contribution in [0.1, 0.15) is 71.4 Å². The van der Waals surface area contributed by atoms with Crippen molar-refractivity contribution in [3.05, 3.63) is 64.5 Å². The van der Waals surface area contributed by atoms with Crippen molar-refractivity contribution in [2.75, 3.05) is 25.0 Å². The summed E-state index contributed by atoms with van der Waals surface area (Å²) in [6.07, 6.45) is 4.29. The molecule has 0 radical (unpaired) electrons. The molecule has 2 aliphatic rings. The fourth-order valence-electron chi connectivity index (χ4n) is 5.26. The summed E-state index contributed by atoms with van der Waals surface area (Å²) < 4.78 is 14.5. The smallest absolute Gasteiger partial charge is 0.255 e. The van der Waals surface area contributed by atoms with E-state index in [2.05, 4.69) is 17.1 Å². The predicted molar refractivity (Wildman–Crippen MR) is 134 cm³/mol. The Balaban J connectivity index is 1.44. The second-order valence-corrected chi connectivity index (χ2v) is 9.93. The fourth-order valence-corrected chi connectivity index (χ4v) is 5.26. The highest BCUT2D eigenvalue weighted by molar-refractivity contribution is 6.06. The van der Waals surface area contributed by atoms with E-state index in [0.717, 1.165) is 49.9 Å². The molecule has 2 aromatic carbocycles. The van der Waals surface area contributed by atoms with E-state index in [1.165, 1.54) is 19.1 Å². The second-order valence-electron chi connectivity index (χ2n) is 9.93. The van der Waals surface area contributed by atoms with E-state index >= 15 is 0 Å². The van der Waals surface area contributed by atoms with Gasteiger partial charge in [0.05, 0.1) is 0 Å². The number of ketones is 1. The molecule has 2 fully saturated rings. The van der Waals surface area contributed by atoms with Gasteiger partial charge in [0, 0.05) is 55.0 Å². The normalized spacial score (nSPS) is 19.1. The highest BCUT2D eigenvalue weighted by Gasteiger charge is 2.33. The molecule has 1 saturated heterocycles. The Morgan fingerprint density at radius 1 is 1.06 bits per heavy atom. The van der Waals surface area contributed by atoms with E-state index in [4.69, 9.17) is 0 Å². The number of hydrogen-bond donors (Lipinski definition) is 1. The van der Waals surface area contributed by atoms with Gasteiger partial charge in [-0.3, -0.25) is 19.3 Å². The minimum atomic E-state index is -0.415. The number of benzene rings is 2. The number of nitrogens with one attached hydrogen (secondary N) is 1. The Morgan fingerprint density at radius 3 is 2.46 bits per heavy atom. The molecule has 1 atom stereocenters. The Kier molecular flexibility index (Phi) is 7.65. The van der Waals surface area contributed by atoms with Crippen molar-refractivity contribution < 1.29 is 18.8 Å². The van der Waals surface area contributed by atoms with Gasteiger partial charge in [-0.25, -0.2) is 4.39 Å². The molecule has 186 valence electrons. The van der Waals surface area contributed by atoms with Gasteiger partial charge < -0.3 is 10.2 Å². The van der Waals surface area contributed by atoms with Crippen LogP contribution in [-0.4, -0.2) is 53.1 Å². The van der Waals surface area contributed by atoms with Gasteiger partial charge in [-0.15, -0.1) is 0 Å². The number of carbonyl (C=O) groups is 3. The highest BCUT2D eigenvalue weighted by Crippen LogP contribution is 2.29. The van der Waals surface area contributed by atoms with E-state index in [1.807, 2.05) is 11.8 Å². The fraction of sp³-hybridized carbons (Fsp3) is 0.464. The van der Waals surface area contributed by atoms with E-state index in [0.29, 0.717) is 29.9 Å². The zero-order chi connectivity index (χ0) is 25.1. The molecule has 1 heterocycles. The van der Waals surface area contributed by atoms with Crippen molar-refractivity contribution in [1.29, 1.82) is 0 Å². The summed E-state index contributed by atoms with van der Waals surface area (Å²) in [5.41, 5.74) is 2.83. The first kappa shape index (κ1) is 25.0. The van der Waals surface area contributed by atoms with E-state index in [-0.39, 0.29) is 29.6 Å². The average Bonchev–Trinajstić information content (AvgIpc) is 3.37. The molecule has 7 heteroatoms. The zero-order valence-corrected chi connectivity index (χ0v) is 20.8. The molecule has 1 unspecified atom stereocenters. The molecule has 1 saturated carbocycles. The van der Waals surface area contributed by atoms with Crippen molar-refractivity contribution in [3.8, 4) is 0 Å². The van der Waals surface area contributed by atoms with Crippen LogP contribution in [-0.2, 0) is 11.3 Å². The molecule has 2 amide bonds. The maximum atomic E-state index is 14.5. The van der Waals surface area contributed by atoms with Crippen molar-refractivity contribution in [3.63, 3.8) is 0 Å². The van der Waals surface area contributed by atoms with Crippen molar-refractivity contribution in [2.45, 2.75) is 59.0 Å². The number of rotatable bonds is 6. The SMILES string of the molecule is CC(=O)c1cccc(C(=O)Nc2cc(F)cc(CN3CCN(C(=O)C4CCCC4)C(C)C3)c2C)c1.